The van der Waals surface area contributed by atoms with Gasteiger partial charge in [-0.2, -0.15) is 0 Å². The first-order chi connectivity index (χ1) is 9.10. The predicted molar refractivity (Wildman–Crippen MR) is 70.5 cm³/mol. The fourth-order valence-electron chi connectivity index (χ4n) is 2.10. The second kappa shape index (κ2) is 5.99. The Morgan fingerprint density at radius 2 is 2.11 bits per heavy atom. The van der Waals surface area contributed by atoms with Crippen molar-refractivity contribution in [3.8, 4) is 0 Å². The summed E-state index contributed by atoms with van der Waals surface area (Å²) in [6, 6.07) is 0. The second-order valence-electron chi connectivity index (χ2n) is 4.73. The van der Waals surface area contributed by atoms with Crippen molar-refractivity contribution >= 4 is 0 Å². The molecule has 6 nitrogen and oxygen atoms in total. The Kier molecular flexibility index (Phi) is 4.34. The van der Waals surface area contributed by atoms with Crippen LogP contribution in [-0.4, -0.2) is 38.3 Å². The molecule has 0 saturated carbocycles. The van der Waals surface area contributed by atoms with Crippen LogP contribution in [0.3, 0.4) is 0 Å². The Morgan fingerprint density at radius 1 is 1.32 bits per heavy atom. The molecule has 2 rings (SSSR count). The minimum atomic E-state index is 0.122. The van der Waals surface area contributed by atoms with E-state index in [4.69, 9.17) is 4.52 Å². The van der Waals surface area contributed by atoms with E-state index in [2.05, 4.69) is 20.0 Å². The fourth-order valence-corrected chi connectivity index (χ4v) is 2.10. The summed E-state index contributed by atoms with van der Waals surface area (Å²) in [6.07, 6.45) is 1.83. The number of aliphatic hydroxyl groups excluding tert-OH is 1. The van der Waals surface area contributed by atoms with Crippen molar-refractivity contribution in [3.05, 3.63) is 34.7 Å². The van der Waals surface area contributed by atoms with Crippen molar-refractivity contribution in [2.45, 2.75) is 33.9 Å². The van der Waals surface area contributed by atoms with Gasteiger partial charge in [-0.05, 0) is 20.8 Å². The Hall–Kier alpha value is -1.66. The highest BCUT2D eigenvalue weighted by Crippen LogP contribution is 2.16. The Labute approximate surface area is 112 Å². The second-order valence-corrected chi connectivity index (χ2v) is 4.73. The Morgan fingerprint density at radius 3 is 2.63 bits per heavy atom. The van der Waals surface area contributed by atoms with Gasteiger partial charge in [0.25, 0.3) is 0 Å². The van der Waals surface area contributed by atoms with Crippen LogP contribution >= 0.6 is 0 Å². The van der Waals surface area contributed by atoms with Crippen LogP contribution in [0.15, 0.2) is 10.7 Å². The maximum absolute atomic E-state index is 9.18. The number of aryl methyl sites for hydroxylation is 3. The van der Waals surface area contributed by atoms with Crippen LogP contribution in [0.25, 0.3) is 0 Å². The van der Waals surface area contributed by atoms with Crippen molar-refractivity contribution in [3.63, 3.8) is 0 Å². The molecule has 19 heavy (non-hydrogen) atoms. The predicted octanol–water partition coefficient (Wildman–Crippen LogP) is 1.32. The molecule has 0 aliphatic carbocycles. The zero-order chi connectivity index (χ0) is 13.8. The van der Waals surface area contributed by atoms with Gasteiger partial charge in [0.15, 0.2) is 0 Å². The van der Waals surface area contributed by atoms with Gasteiger partial charge in [-0.25, -0.2) is 4.98 Å². The standard InChI is InChI=1S/C13H20N4O2/c1-9-13(10(2)19-16-9)8-17(4-5-18)7-12-6-14-11(3)15-12/h6,18H,4-5,7-8H2,1-3H3,(H,14,15). The number of imidazole rings is 1. The van der Waals surface area contributed by atoms with Crippen molar-refractivity contribution in [1.29, 1.82) is 0 Å². The van der Waals surface area contributed by atoms with E-state index in [0.29, 0.717) is 19.6 Å². The summed E-state index contributed by atoms with van der Waals surface area (Å²) in [4.78, 5) is 9.53. The van der Waals surface area contributed by atoms with Gasteiger partial charge < -0.3 is 14.6 Å². The molecular weight excluding hydrogens is 244 g/mol. The molecule has 6 heteroatoms. The molecule has 0 unspecified atom stereocenters. The van der Waals surface area contributed by atoms with Crippen LogP contribution in [0.4, 0.5) is 0 Å². The molecule has 2 aromatic rings. The van der Waals surface area contributed by atoms with Crippen LogP contribution in [0.2, 0.25) is 0 Å². The van der Waals surface area contributed by atoms with E-state index in [0.717, 1.165) is 28.5 Å². The van der Waals surface area contributed by atoms with Crippen LogP contribution in [0.5, 0.6) is 0 Å². The van der Waals surface area contributed by atoms with Crippen molar-refractivity contribution in [2.75, 3.05) is 13.2 Å². The molecule has 0 spiro atoms. The third kappa shape index (κ3) is 3.42. The number of H-pyrrole nitrogens is 1. The number of hydrogen-bond donors (Lipinski definition) is 2. The van der Waals surface area contributed by atoms with E-state index >= 15 is 0 Å². The molecule has 0 radical (unpaired) electrons. The summed E-state index contributed by atoms with van der Waals surface area (Å²) in [6.45, 7) is 7.91. The summed E-state index contributed by atoms with van der Waals surface area (Å²) in [5.41, 5.74) is 3.03. The van der Waals surface area contributed by atoms with Crippen molar-refractivity contribution in [2.24, 2.45) is 0 Å². The summed E-state index contributed by atoms with van der Waals surface area (Å²) in [5.74, 6) is 1.73. The zero-order valence-corrected chi connectivity index (χ0v) is 11.6. The molecule has 0 saturated heterocycles. The lowest BCUT2D eigenvalue weighted by atomic mass is 10.2. The summed E-state index contributed by atoms with van der Waals surface area (Å²) in [5, 5.41) is 13.1. The maximum Gasteiger partial charge on any atom is 0.138 e. The molecule has 0 bridgehead atoms. The number of aromatic amines is 1. The monoisotopic (exact) mass is 264 g/mol. The summed E-state index contributed by atoms with van der Waals surface area (Å²) >= 11 is 0. The van der Waals surface area contributed by atoms with Crippen LogP contribution in [-0.2, 0) is 13.1 Å². The highest BCUT2D eigenvalue weighted by Gasteiger charge is 2.14. The first-order valence-corrected chi connectivity index (χ1v) is 6.35. The number of aromatic nitrogens is 3. The third-order valence-corrected chi connectivity index (χ3v) is 3.13. The van der Waals surface area contributed by atoms with Crippen molar-refractivity contribution in [1.82, 2.24) is 20.0 Å². The van der Waals surface area contributed by atoms with Crippen LogP contribution in [0, 0.1) is 20.8 Å². The molecule has 2 heterocycles. The molecule has 2 N–H and O–H groups in total. The van der Waals surface area contributed by atoms with E-state index in [1.54, 1.807) is 0 Å². The number of nitrogens with zero attached hydrogens (tertiary/aromatic N) is 3. The van der Waals surface area contributed by atoms with Gasteiger partial charge in [-0.3, -0.25) is 4.90 Å². The molecule has 0 amide bonds. The van der Waals surface area contributed by atoms with E-state index in [1.165, 1.54) is 0 Å². The lowest BCUT2D eigenvalue weighted by molar-refractivity contribution is 0.182. The smallest absolute Gasteiger partial charge is 0.138 e. The lowest BCUT2D eigenvalue weighted by Gasteiger charge is -2.20. The number of nitrogens with one attached hydrogen (secondary N) is 1. The van der Waals surface area contributed by atoms with Gasteiger partial charge in [0.2, 0.25) is 0 Å². The van der Waals surface area contributed by atoms with Crippen LogP contribution < -0.4 is 0 Å². The molecular formula is C13H20N4O2. The number of hydrogen-bond acceptors (Lipinski definition) is 5. The molecule has 104 valence electrons. The first-order valence-electron chi connectivity index (χ1n) is 6.35. The minimum Gasteiger partial charge on any atom is -0.395 e. The molecule has 0 atom stereocenters. The molecule has 0 fully saturated rings. The SMILES string of the molecule is Cc1ncc(CN(CCO)Cc2c(C)noc2C)[nH]1. The molecule has 0 aromatic carbocycles. The van der Waals surface area contributed by atoms with Gasteiger partial charge in [0, 0.05) is 37.1 Å². The lowest BCUT2D eigenvalue weighted by Crippen LogP contribution is -2.26. The van der Waals surface area contributed by atoms with E-state index in [1.807, 2.05) is 27.0 Å². The fraction of sp³-hybridized carbons (Fsp3) is 0.538. The van der Waals surface area contributed by atoms with E-state index < -0.39 is 0 Å². The number of rotatable bonds is 6. The highest BCUT2D eigenvalue weighted by molar-refractivity contribution is 5.20. The van der Waals surface area contributed by atoms with Crippen LogP contribution in [0.1, 0.15) is 28.5 Å². The third-order valence-electron chi connectivity index (χ3n) is 3.13. The van der Waals surface area contributed by atoms with Gasteiger partial charge in [0.1, 0.15) is 11.6 Å². The van der Waals surface area contributed by atoms with Gasteiger partial charge in [-0.15, -0.1) is 0 Å². The minimum absolute atomic E-state index is 0.122. The number of aliphatic hydroxyl groups is 1. The largest absolute Gasteiger partial charge is 0.395 e. The molecule has 2 aromatic heterocycles. The van der Waals surface area contributed by atoms with Gasteiger partial charge in [0.05, 0.1) is 12.3 Å². The maximum atomic E-state index is 9.18. The zero-order valence-electron chi connectivity index (χ0n) is 11.6. The summed E-state index contributed by atoms with van der Waals surface area (Å²) < 4.78 is 5.17. The van der Waals surface area contributed by atoms with Crippen molar-refractivity contribution < 1.29 is 9.63 Å². The van der Waals surface area contributed by atoms with Gasteiger partial charge >= 0.3 is 0 Å². The topological polar surface area (TPSA) is 78.2 Å². The average molecular weight is 264 g/mol. The quantitative estimate of drug-likeness (QED) is 0.822. The normalized spacial score (nSPS) is 11.4. The first kappa shape index (κ1) is 13.8. The highest BCUT2D eigenvalue weighted by atomic mass is 16.5. The Bertz CT molecular complexity index is 513. The Balaban J connectivity index is 2.08. The summed E-state index contributed by atoms with van der Waals surface area (Å²) in [7, 11) is 0. The van der Waals surface area contributed by atoms with E-state index in [9.17, 15) is 5.11 Å². The molecule has 0 aliphatic rings. The van der Waals surface area contributed by atoms with Gasteiger partial charge in [-0.1, -0.05) is 5.16 Å². The van der Waals surface area contributed by atoms with E-state index in [-0.39, 0.29) is 6.61 Å². The molecule has 0 aliphatic heterocycles. The average Bonchev–Trinajstić information content (AvgIpc) is 2.90.